The lowest BCUT2D eigenvalue weighted by molar-refractivity contribution is -0.136. The van der Waals surface area contributed by atoms with Crippen LogP contribution in [0.4, 0.5) is 9.18 Å². The number of benzene rings is 1. The number of nitrogens with zero attached hydrogens (tertiary/aromatic N) is 1. The zero-order valence-corrected chi connectivity index (χ0v) is 12.8. The molecule has 0 aliphatic heterocycles. The Kier molecular flexibility index (Phi) is 7.10. The second kappa shape index (κ2) is 8.58. The number of carboxylic acid groups (broad SMARTS) is 1. The Morgan fingerprint density at radius 1 is 1.38 bits per heavy atom. The molecule has 116 valence electrons. The van der Waals surface area contributed by atoms with Crippen molar-refractivity contribution in [3.63, 3.8) is 0 Å². The highest BCUT2D eigenvalue weighted by atomic mass is 79.9. The molecule has 0 spiro atoms. The van der Waals surface area contributed by atoms with Crippen molar-refractivity contribution in [1.82, 2.24) is 10.2 Å². The third kappa shape index (κ3) is 6.09. The standard InChI is InChI=1S/C13H16BrFN2O4/c14-10-1-2-11(15)9(7-10)8-17(5-6-18)13(21)16-4-3-12(19)20/h1-2,7,18H,3-6,8H2,(H,16,21)(H,19,20). The minimum atomic E-state index is -1.03. The van der Waals surface area contributed by atoms with Crippen molar-refractivity contribution in [2.45, 2.75) is 13.0 Å². The molecule has 0 aliphatic rings. The molecule has 8 heteroatoms. The maximum atomic E-state index is 13.7. The highest BCUT2D eigenvalue weighted by Crippen LogP contribution is 2.17. The first-order valence-electron chi connectivity index (χ1n) is 6.23. The van der Waals surface area contributed by atoms with Crippen LogP contribution in [0.3, 0.4) is 0 Å². The number of urea groups is 1. The quantitative estimate of drug-likeness (QED) is 0.686. The van der Waals surface area contributed by atoms with Crippen LogP contribution in [0.25, 0.3) is 0 Å². The minimum absolute atomic E-state index is 0.0187. The first-order valence-corrected chi connectivity index (χ1v) is 7.02. The van der Waals surface area contributed by atoms with Gasteiger partial charge in [-0.05, 0) is 18.2 Å². The van der Waals surface area contributed by atoms with Gasteiger partial charge >= 0.3 is 12.0 Å². The monoisotopic (exact) mass is 362 g/mol. The first kappa shape index (κ1) is 17.4. The number of amides is 2. The lowest BCUT2D eigenvalue weighted by atomic mass is 10.2. The van der Waals surface area contributed by atoms with Crippen LogP contribution in [0.1, 0.15) is 12.0 Å². The fourth-order valence-electron chi connectivity index (χ4n) is 1.63. The van der Waals surface area contributed by atoms with Crippen molar-refractivity contribution in [2.24, 2.45) is 0 Å². The van der Waals surface area contributed by atoms with E-state index in [0.29, 0.717) is 10.0 Å². The van der Waals surface area contributed by atoms with Crippen molar-refractivity contribution in [3.8, 4) is 0 Å². The summed E-state index contributed by atoms with van der Waals surface area (Å²) in [5.41, 5.74) is 0.297. The molecule has 0 saturated carbocycles. The summed E-state index contributed by atoms with van der Waals surface area (Å²) in [5, 5.41) is 19.9. The van der Waals surface area contributed by atoms with Gasteiger partial charge in [-0.2, -0.15) is 0 Å². The SMILES string of the molecule is O=C(O)CCNC(=O)N(CCO)Cc1cc(Br)ccc1F. The molecule has 1 aromatic carbocycles. The Labute approximate surface area is 129 Å². The minimum Gasteiger partial charge on any atom is -0.481 e. The molecule has 0 aliphatic carbocycles. The Hall–Kier alpha value is -1.67. The summed E-state index contributed by atoms with van der Waals surface area (Å²) >= 11 is 3.22. The zero-order chi connectivity index (χ0) is 15.8. The van der Waals surface area contributed by atoms with Gasteiger partial charge in [-0.25, -0.2) is 9.18 Å². The Morgan fingerprint density at radius 3 is 2.71 bits per heavy atom. The van der Waals surface area contributed by atoms with E-state index in [2.05, 4.69) is 21.2 Å². The fraction of sp³-hybridized carbons (Fsp3) is 0.385. The van der Waals surface area contributed by atoms with E-state index in [1.807, 2.05) is 0 Å². The maximum absolute atomic E-state index is 13.7. The topological polar surface area (TPSA) is 89.9 Å². The lowest BCUT2D eigenvalue weighted by Crippen LogP contribution is -2.41. The highest BCUT2D eigenvalue weighted by Gasteiger charge is 2.15. The van der Waals surface area contributed by atoms with E-state index < -0.39 is 17.8 Å². The third-order valence-corrected chi connectivity index (χ3v) is 3.13. The maximum Gasteiger partial charge on any atom is 0.317 e. The molecule has 0 fully saturated rings. The Bertz CT molecular complexity index is 513. The predicted octanol–water partition coefficient (Wildman–Crippen LogP) is 1.57. The summed E-state index contributed by atoms with van der Waals surface area (Å²) in [7, 11) is 0. The summed E-state index contributed by atoms with van der Waals surface area (Å²) in [6.07, 6.45) is -0.204. The molecule has 0 unspecified atom stereocenters. The highest BCUT2D eigenvalue weighted by molar-refractivity contribution is 9.10. The van der Waals surface area contributed by atoms with E-state index in [9.17, 15) is 14.0 Å². The van der Waals surface area contributed by atoms with Gasteiger partial charge in [0.15, 0.2) is 0 Å². The van der Waals surface area contributed by atoms with Crippen LogP contribution >= 0.6 is 15.9 Å². The zero-order valence-electron chi connectivity index (χ0n) is 11.2. The third-order valence-electron chi connectivity index (χ3n) is 2.64. The molecule has 0 bridgehead atoms. The number of carbonyl (C=O) groups excluding carboxylic acids is 1. The van der Waals surface area contributed by atoms with E-state index in [-0.39, 0.29) is 32.7 Å². The molecular formula is C13H16BrFN2O4. The second-order valence-electron chi connectivity index (χ2n) is 4.26. The largest absolute Gasteiger partial charge is 0.481 e. The first-order chi connectivity index (χ1) is 9.93. The van der Waals surface area contributed by atoms with Gasteiger partial charge in [0.2, 0.25) is 0 Å². The van der Waals surface area contributed by atoms with Gasteiger partial charge in [0.1, 0.15) is 5.82 Å². The average Bonchev–Trinajstić information content (AvgIpc) is 2.41. The summed E-state index contributed by atoms with van der Waals surface area (Å²) in [5.74, 6) is -1.48. The molecule has 1 aromatic rings. The lowest BCUT2D eigenvalue weighted by Gasteiger charge is -2.22. The smallest absolute Gasteiger partial charge is 0.317 e. The number of rotatable bonds is 7. The van der Waals surface area contributed by atoms with Gasteiger partial charge in [0.05, 0.1) is 19.6 Å². The van der Waals surface area contributed by atoms with Gasteiger partial charge in [-0.3, -0.25) is 4.79 Å². The predicted molar refractivity (Wildman–Crippen MR) is 77.2 cm³/mol. The number of aliphatic carboxylic acids is 1. The summed E-state index contributed by atoms with van der Waals surface area (Å²) in [6.45, 7) is -0.311. The summed E-state index contributed by atoms with van der Waals surface area (Å²) in [4.78, 5) is 23.5. The molecule has 0 aromatic heterocycles. The fourth-order valence-corrected chi connectivity index (χ4v) is 2.04. The van der Waals surface area contributed by atoms with Crippen molar-refractivity contribution in [1.29, 1.82) is 0 Å². The number of halogens is 2. The van der Waals surface area contributed by atoms with Crippen LogP contribution in [0, 0.1) is 5.82 Å². The van der Waals surface area contributed by atoms with Gasteiger partial charge < -0.3 is 20.4 Å². The molecule has 1 rings (SSSR count). The Balaban J connectivity index is 2.70. The van der Waals surface area contributed by atoms with Gasteiger partial charge in [0, 0.05) is 23.1 Å². The number of aliphatic hydroxyl groups excluding tert-OH is 1. The van der Waals surface area contributed by atoms with Crippen molar-refractivity contribution >= 4 is 27.9 Å². The Morgan fingerprint density at radius 2 is 2.10 bits per heavy atom. The number of hydrogen-bond acceptors (Lipinski definition) is 3. The van der Waals surface area contributed by atoms with Gasteiger partial charge in [-0.1, -0.05) is 15.9 Å². The number of hydrogen-bond donors (Lipinski definition) is 3. The molecule has 0 heterocycles. The van der Waals surface area contributed by atoms with Crippen LogP contribution in [-0.4, -0.2) is 46.8 Å². The van der Waals surface area contributed by atoms with Crippen LogP contribution in [0.2, 0.25) is 0 Å². The van der Waals surface area contributed by atoms with Crippen LogP contribution in [0.5, 0.6) is 0 Å². The molecule has 0 atom stereocenters. The van der Waals surface area contributed by atoms with E-state index >= 15 is 0 Å². The average molecular weight is 363 g/mol. The summed E-state index contributed by atoms with van der Waals surface area (Å²) in [6, 6.07) is 3.82. The summed E-state index contributed by atoms with van der Waals surface area (Å²) < 4.78 is 14.3. The van der Waals surface area contributed by atoms with Crippen LogP contribution in [-0.2, 0) is 11.3 Å². The number of carbonyl (C=O) groups is 2. The second-order valence-corrected chi connectivity index (χ2v) is 5.17. The molecule has 0 radical (unpaired) electrons. The molecular weight excluding hydrogens is 347 g/mol. The molecule has 2 amide bonds. The van der Waals surface area contributed by atoms with Gasteiger partial charge in [0.25, 0.3) is 0 Å². The molecule has 3 N–H and O–H groups in total. The number of aliphatic hydroxyl groups is 1. The van der Waals surface area contributed by atoms with Crippen LogP contribution < -0.4 is 5.32 Å². The van der Waals surface area contributed by atoms with E-state index in [1.54, 1.807) is 12.1 Å². The van der Waals surface area contributed by atoms with Crippen LogP contribution in [0.15, 0.2) is 22.7 Å². The van der Waals surface area contributed by atoms with Crippen molar-refractivity contribution < 1.29 is 24.2 Å². The van der Waals surface area contributed by atoms with E-state index in [0.717, 1.165) is 0 Å². The number of carboxylic acids is 1. The number of nitrogens with one attached hydrogen (secondary N) is 1. The normalized spacial score (nSPS) is 10.2. The van der Waals surface area contributed by atoms with Crippen molar-refractivity contribution in [3.05, 3.63) is 34.1 Å². The van der Waals surface area contributed by atoms with Crippen molar-refractivity contribution in [2.75, 3.05) is 19.7 Å². The van der Waals surface area contributed by atoms with Gasteiger partial charge in [-0.15, -0.1) is 0 Å². The molecule has 21 heavy (non-hydrogen) atoms. The molecule has 0 saturated heterocycles. The van der Waals surface area contributed by atoms with E-state index in [4.69, 9.17) is 10.2 Å². The molecule has 6 nitrogen and oxygen atoms in total. The van der Waals surface area contributed by atoms with E-state index in [1.165, 1.54) is 11.0 Å².